The van der Waals surface area contributed by atoms with Crippen molar-refractivity contribution in [1.29, 1.82) is 0 Å². The number of aliphatic imine (C=N–C) groups is 1. The van der Waals surface area contributed by atoms with Crippen LogP contribution in [0.1, 0.15) is 45.4 Å². The van der Waals surface area contributed by atoms with Gasteiger partial charge in [0.1, 0.15) is 17.3 Å². The van der Waals surface area contributed by atoms with Crippen LogP contribution in [0.15, 0.2) is 23.2 Å². The molecule has 1 aromatic rings. The number of benzene rings is 1. The van der Waals surface area contributed by atoms with Gasteiger partial charge in [-0.05, 0) is 44.7 Å². The summed E-state index contributed by atoms with van der Waals surface area (Å²) in [5, 5.41) is 6.62. The van der Waals surface area contributed by atoms with E-state index in [2.05, 4.69) is 15.6 Å². The highest BCUT2D eigenvalue weighted by Gasteiger charge is 2.27. The van der Waals surface area contributed by atoms with Gasteiger partial charge in [0.15, 0.2) is 5.96 Å². The van der Waals surface area contributed by atoms with Crippen LogP contribution in [0.2, 0.25) is 0 Å². The molecular formula is C22H33F2N5O. The van der Waals surface area contributed by atoms with Crippen molar-refractivity contribution in [1.82, 2.24) is 15.5 Å². The Morgan fingerprint density at radius 1 is 1.20 bits per heavy atom. The fourth-order valence-electron chi connectivity index (χ4n) is 4.11. The zero-order valence-electron chi connectivity index (χ0n) is 17.8. The van der Waals surface area contributed by atoms with E-state index in [-0.39, 0.29) is 17.6 Å². The van der Waals surface area contributed by atoms with Gasteiger partial charge < -0.3 is 20.4 Å². The Hall–Kier alpha value is -2.38. The number of rotatable bonds is 7. The van der Waals surface area contributed by atoms with Crippen LogP contribution in [0, 0.1) is 11.6 Å². The first-order chi connectivity index (χ1) is 14.6. The maximum Gasteiger partial charge on any atom is 0.222 e. The molecule has 1 aromatic carbocycles. The molecule has 0 aliphatic carbocycles. The van der Waals surface area contributed by atoms with Gasteiger partial charge in [-0.1, -0.05) is 12.5 Å². The first-order valence-electron chi connectivity index (χ1n) is 11.1. The molecule has 2 fully saturated rings. The number of guanidine groups is 1. The third kappa shape index (κ3) is 6.06. The summed E-state index contributed by atoms with van der Waals surface area (Å²) in [5.74, 6) is -0.0907. The van der Waals surface area contributed by atoms with Crippen molar-refractivity contribution in [3.63, 3.8) is 0 Å². The van der Waals surface area contributed by atoms with Crippen molar-refractivity contribution >= 4 is 17.6 Å². The second-order valence-electron chi connectivity index (χ2n) is 7.95. The standard InChI is InChI=1S/C22H33F2N5O/c1-2-25-22(26-12-7-14-28-13-5-3-4-10-20(28)30)27-17-11-15-29(16-17)21-18(23)8-6-9-19(21)24/h6,8-9,17H,2-5,7,10-16H2,1H3,(H2,25,26,27). The van der Waals surface area contributed by atoms with E-state index in [9.17, 15) is 13.6 Å². The maximum absolute atomic E-state index is 14.1. The molecule has 2 heterocycles. The van der Waals surface area contributed by atoms with E-state index < -0.39 is 11.6 Å². The van der Waals surface area contributed by atoms with Crippen LogP contribution >= 0.6 is 0 Å². The Morgan fingerprint density at radius 2 is 2.00 bits per heavy atom. The molecule has 1 amide bonds. The van der Waals surface area contributed by atoms with E-state index in [0.29, 0.717) is 32.0 Å². The van der Waals surface area contributed by atoms with Gasteiger partial charge in [0.05, 0.1) is 0 Å². The summed E-state index contributed by atoms with van der Waals surface area (Å²) in [7, 11) is 0. The number of halogens is 2. The third-order valence-electron chi connectivity index (χ3n) is 5.65. The molecule has 2 aliphatic rings. The molecule has 1 unspecified atom stereocenters. The molecule has 0 radical (unpaired) electrons. The first kappa shape index (κ1) is 22.3. The van der Waals surface area contributed by atoms with E-state index in [1.54, 1.807) is 4.90 Å². The minimum atomic E-state index is -0.528. The van der Waals surface area contributed by atoms with Crippen molar-refractivity contribution in [3.05, 3.63) is 29.8 Å². The predicted octanol–water partition coefficient (Wildman–Crippen LogP) is 2.89. The average molecular weight is 422 g/mol. The molecule has 8 heteroatoms. The Labute approximate surface area is 177 Å². The number of para-hydroxylation sites is 1. The van der Waals surface area contributed by atoms with E-state index >= 15 is 0 Å². The SMILES string of the molecule is CCNC(=NCCCN1CCCCCC1=O)NC1CCN(c2c(F)cccc2F)C1. The van der Waals surface area contributed by atoms with Gasteiger partial charge >= 0.3 is 0 Å². The van der Waals surface area contributed by atoms with E-state index in [1.165, 1.54) is 18.2 Å². The minimum Gasteiger partial charge on any atom is -0.365 e. The quantitative estimate of drug-likeness (QED) is 0.404. The zero-order chi connectivity index (χ0) is 21.3. The number of amides is 1. The second kappa shape index (κ2) is 11.1. The molecule has 0 bridgehead atoms. The Morgan fingerprint density at radius 3 is 2.77 bits per heavy atom. The van der Waals surface area contributed by atoms with E-state index in [1.807, 2.05) is 11.8 Å². The summed E-state index contributed by atoms with van der Waals surface area (Å²) in [6.07, 6.45) is 5.47. The molecule has 2 saturated heterocycles. The summed E-state index contributed by atoms with van der Waals surface area (Å²) in [4.78, 5) is 20.4. The molecule has 0 aromatic heterocycles. The molecule has 2 N–H and O–H groups in total. The number of likely N-dealkylation sites (tertiary alicyclic amines) is 1. The van der Waals surface area contributed by atoms with Gasteiger partial charge in [-0.2, -0.15) is 0 Å². The lowest BCUT2D eigenvalue weighted by Gasteiger charge is -2.21. The van der Waals surface area contributed by atoms with Crippen molar-refractivity contribution in [3.8, 4) is 0 Å². The molecule has 6 nitrogen and oxygen atoms in total. The summed E-state index contributed by atoms with van der Waals surface area (Å²) >= 11 is 0. The van der Waals surface area contributed by atoms with Crippen molar-refractivity contribution in [2.45, 2.75) is 51.5 Å². The van der Waals surface area contributed by atoms with Crippen LogP contribution in [0.3, 0.4) is 0 Å². The molecular weight excluding hydrogens is 388 g/mol. The molecule has 1 atom stereocenters. The third-order valence-corrected chi connectivity index (χ3v) is 5.65. The van der Waals surface area contributed by atoms with Gasteiger partial charge in [0.25, 0.3) is 0 Å². The van der Waals surface area contributed by atoms with Crippen LogP contribution in [-0.4, -0.2) is 62.1 Å². The lowest BCUT2D eigenvalue weighted by atomic mass is 10.2. The number of anilines is 1. The van der Waals surface area contributed by atoms with Crippen LogP contribution in [0.4, 0.5) is 14.5 Å². The Bertz CT molecular complexity index is 722. The summed E-state index contributed by atoms with van der Waals surface area (Å²) in [5.41, 5.74) is 0.0471. The van der Waals surface area contributed by atoms with Gasteiger partial charge in [0, 0.05) is 51.7 Å². The molecule has 0 spiro atoms. The van der Waals surface area contributed by atoms with Gasteiger partial charge in [-0.15, -0.1) is 0 Å². The zero-order valence-corrected chi connectivity index (χ0v) is 17.8. The molecule has 0 saturated carbocycles. The molecule has 3 rings (SSSR count). The number of nitrogens with zero attached hydrogens (tertiary/aromatic N) is 3. The minimum absolute atomic E-state index is 0.0471. The smallest absolute Gasteiger partial charge is 0.222 e. The first-order valence-corrected chi connectivity index (χ1v) is 11.1. The fourth-order valence-corrected chi connectivity index (χ4v) is 4.11. The normalized spacial score (nSPS) is 20.4. The largest absolute Gasteiger partial charge is 0.365 e. The summed E-state index contributed by atoms with van der Waals surface area (Å²) in [6, 6.07) is 4.03. The monoisotopic (exact) mass is 421 g/mol. The van der Waals surface area contributed by atoms with Gasteiger partial charge in [0.2, 0.25) is 5.91 Å². The maximum atomic E-state index is 14.1. The van der Waals surface area contributed by atoms with Gasteiger partial charge in [-0.25, -0.2) is 8.78 Å². The van der Waals surface area contributed by atoms with E-state index in [4.69, 9.17) is 0 Å². The lowest BCUT2D eigenvalue weighted by Crippen LogP contribution is -2.44. The number of hydrogen-bond donors (Lipinski definition) is 2. The van der Waals surface area contributed by atoms with Crippen LogP contribution in [0.5, 0.6) is 0 Å². The average Bonchev–Trinajstić information content (AvgIpc) is 3.06. The Kier molecular flexibility index (Phi) is 8.28. The highest BCUT2D eigenvalue weighted by molar-refractivity contribution is 5.80. The summed E-state index contributed by atoms with van der Waals surface area (Å²) in [6.45, 7) is 6.06. The number of carbonyl (C=O) groups is 1. The molecule has 166 valence electrons. The van der Waals surface area contributed by atoms with Crippen LogP contribution < -0.4 is 15.5 Å². The number of hydrogen-bond acceptors (Lipinski definition) is 3. The van der Waals surface area contributed by atoms with Crippen molar-refractivity contribution < 1.29 is 13.6 Å². The highest BCUT2D eigenvalue weighted by Crippen LogP contribution is 2.26. The second-order valence-corrected chi connectivity index (χ2v) is 7.95. The highest BCUT2D eigenvalue weighted by atomic mass is 19.1. The fraction of sp³-hybridized carbons (Fsp3) is 0.636. The lowest BCUT2D eigenvalue weighted by molar-refractivity contribution is -0.130. The molecule has 30 heavy (non-hydrogen) atoms. The van der Waals surface area contributed by atoms with Crippen molar-refractivity contribution in [2.24, 2.45) is 4.99 Å². The Balaban J connectivity index is 1.49. The predicted molar refractivity (Wildman–Crippen MR) is 116 cm³/mol. The van der Waals surface area contributed by atoms with Crippen molar-refractivity contribution in [2.75, 3.05) is 44.2 Å². The number of nitrogens with one attached hydrogen (secondary N) is 2. The van der Waals surface area contributed by atoms with Crippen LogP contribution in [-0.2, 0) is 4.79 Å². The topological polar surface area (TPSA) is 60.0 Å². The van der Waals surface area contributed by atoms with Crippen LogP contribution in [0.25, 0.3) is 0 Å². The van der Waals surface area contributed by atoms with E-state index in [0.717, 1.165) is 51.7 Å². The number of carbonyl (C=O) groups excluding carboxylic acids is 1. The summed E-state index contributed by atoms with van der Waals surface area (Å²) < 4.78 is 28.1. The molecule has 2 aliphatic heterocycles. The van der Waals surface area contributed by atoms with Gasteiger partial charge in [-0.3, -0.25) is 9.79 Å².